The number of aryl methyl sites for hydroxylation is 1. The van der Waals surface area contributed by atoms with Gasteiger partial charge in [-0.25, -0.2) is 9.78 Å². The summed E-state index contributed by atoms with van der Waals surface area (Å²) in [6.07, 6.45) is 0. The van der Waals surface area contributed by atoms with Crippen LogP contribution in [-0.2, 0) is 4.74 Å². The van der Waals surface area contributed by atoms with Crippen molar-refractivity contribution in [2.45, 2.75) is 6.92 Å². The number of methoxy groups -OCH3 is 1. The van der Waals surface area contributed by atoms with Gasteiger partial charge in [0.1, 0.15) is 5.69 Å². The fourth-order valence-electron chi connectivity index (χ4n) is 1.70. The summed E-state index contributed by atoms with van der Waals surface area (Å²) in [6.45, 7) is 1.88. The van der Waals surface area contributed by atoms with E-state index in [1.165, 1.54) is 7.11 Å². The maximum absolute atomic E-state index is 11.3. The number of hydrogen-bond acceptors (Lipinski definition) is 3. The third-order valence-corrected chi connectivity index (χ3v) is 2.57. The lowest BCUT2D eigenvalue weighted by Gasteiger charge is -2.06. The fraction of sp³-hybridized carbons (Fsp3) is 0.143. The number of rotatable bonds is 2. The van der Waals surface area contributed by atoms with Crippen molar-refractivity contribution >= 4 is 5.97 Å². The van der Waals surface area contributed by atoms with Crippen molar-refractivity contribution < 1.29 is 9.53 Å². The number of hydrogen-bond donors (Lipinski definition) is 0. The first kappa shape index (κ1) is 11.3. The molecule has 0 fully saturated rings. The van der Waals surface area contributed by atoms with Crippen molar-refractivity contribution in [2.24, 2.45) is 0 Å². The molecule has 0 radical (unpaired) electrons. The lowest BCUT2D eigenvalue weighted by Crippen LogP contribution is -2.05. The van der Waals surface area contributed by atoms with Crippen LogP contribution < -0.4 is 0 Å². The van der Waals surface area contributed by atoms with E-state index in [2.05, 4.69) is 9.72 Å². The van der Waals surface area contributed by atoms with Crippen molar-refractivity contribution in [3.8, 4) is 11.1 Å². The Morgan fingerprint density at radius 3 is 2.41 bits per heavy atom. The number of ether oxygens (including phenoxy) is 1. The summed E-state index contributed by atoms with van der Waals surface area (Å²) in [5, 5.41) is 0. The SMILES string of the molecule is COC(=O)c1ccc(-c2ccccc2)c(C)n1. The van der Waals surface area contributed by atoms with Gasteiger partial charge in [0, 0.05) is 11.3 Å². The first-order valence-corrected chi connectivity index (χ1v) is 5.34. The number of aromatic nitrogens is 1. The molecule has 1 aromatic carbocycles. The molecule has 1 aromatic heterocycles. The predicted molar refractivity (Wildman–Crippen MR) is 65.7 cm³/mol. The second-order valence-corrected chi connectivity index (χ2v) is 3.69. The molecule has 0 saturated heterocycles. The summed E-state index contributed by atoms with van der Waals surface area (Å²) < 4.78 is 4.64. The Bertz CT molecular complexity index is 535. The number of nitrogens with zero attached hydrogens (tertiary/aromatic N) is 1. The molecule has 0 aliphatic rings. The van der Waals surface area contributed by atoms with Gasteiger partial charge in [-0.2, -0.15) is 0 Å². The second-order valence-electron chi connectivity index (χ2n) is 3.69. The van der Waals surface area contributed by atoms with Gasteiger partial charge in [0.2, 0.25) is 0 Å². The average molecular weight is 227 g/mol. The number of esters is 1. The van der Waals surface area contributed by atoms with Crippen LogP contribution in [0.2, 0.25) is 0 Å². The number of carbonyl (C=O) groups is 1. The summed E-state index contributed by atoms with van der Waals surface area (Å²) in [7, 11) is 1.35. The van der Waals surface area contributed by atoms with Gasteiger partial charge in [0.05, 0.1) is 7.11 Å². The molecule has 0 spiro atoms. The van der Waals surface area contributed by atoms with E-state index in [1.54, 1.807) is 6.07 Å². The highest BCUT2D eigenvalue weighted by Crippen LogP contribution is 2.21. The minimum Gasteiger partial charge on any atom is -0.464 e. The molecule has 86 valence electrons. The Morgan fingerprint density at radius 2 is 1.82 bits per heavy atom. The van der Waals surface area contributed by atoms with E-state index >= 15 is 0 Å². The minimum absolute atomic E-state index is 0.338. The van der Waals surface area contributed by atoms with E-state index in [1.807, 2.05) is 43.3 Å². The second kappa shape index (κ2) is 4.78. The van der Waals surface area contributed by atoms with Gasteiger partial charge in [-0.05, 0) is 18.6 Å². The molecule has 3 nitrogen and oxygen atoms in total. The summed E-state index contributed by atoms with van der Waals surface area (Å²) in [4.78, 5) is 15.6. The Labute approximate surface area is 100 Å². The van der Waals surface area contributed by atoms with E-state index in [9.17, 15) is 4.79 Å². The van der Waals surface area contributed by atoms with Crippen molar-refractivity contribution in [3.05, 3.63) is 53.9 Å². The standard InChI is InChI=1S/C14H13NO2/c1-10-12(11-6-4-3-5-7-11)8-9-13(15-10)14(16)17-2/h3-9H,1-2H3. The maximum atomic E-state index is 11.3. The topological polar surface area (TPSA) is 39.2 Å². The smallest absolute Gasteiger partial charge is 0.356 e. The van der Waals surface area contributed by atoms with Gasteiger partial charge in [0.15, 0.2) is 0 Å². The van der Waals surface area contributed by atoms with Crippen LogP contribution in [0.1, 0.15) is 16.2 Å². The highest BCUT2D eigenvalue weighted by atomic mass is 16.5. The molecule has 1 heterocycles. The van der Waals surface area contributed by atoms with Gasteiger partial charge in [-0.1, -0.05) is 36.4 Å². The molecule has 17 heavy (non-hydrogen) atoms. The van der Waals surface area contributed by atoms with E-state index in [-0.39, 0.29) is 0 Å². The Hall–Kier alpha value is -2.16. The van der Waals surface area contributed by atoms with Crippen LogP contribution in [0.3, 0.4) is 0 Å². The lowest BCUT2D eigenvalue weighted by molar-refractivity contribution is 0.0594. The molecule has 2 aromatic rings. The van der Waals surface area contributed by atoms with Gasteiger partial charge in [0.25, 0.3) is 0 Å². The predicted octanol–water partition coefficient (Wildman–Crippen LogP) is 2.84. The molecule has 0 aliphatic heterocycles. The van der Waals surface area contributed by atoms with Gasteiger partial charge >= 0.3 is 5.97 Å². The van der Waals surface area contributed by atoms with Crippen molar-refractivity contribution in [1.82, 2.24) is 4.98 Å². The zero-order valence-corrected chi connectivity index (χ0v) is 9.81. The molecule has 2 rings (SSSR count). The van der Waals surface area contributed by atoms with Crippen molar-refractivity contribution in [3.63, 3.8) is 0 Å². The molecule has 0 amide bonds. The molecule has 3 heteroatoms. The summed E-state index contributed by atoms with van der Waals surface area (Å²) in [5.41, 5.74) is 3.27. The third kappa shape index (κ3) is 2.33. The zero-order chi connectivity index (χ0) is 12.3. The minimum atomic E-state index is -0.410. The quantitative estimate of drug-likeness (QED) is 0.740. The summed E-state index contributed by atoms with van der Waals surface area (Å²) in [5.74, 6) is -0.410. The molecular weight excluding hydrogens is 214 g/mol. The average Bonchev–Trinajstić information content (AvgIpc) is 2.38. The molecule has 0 saturated carbocycles. The third-order valence-electron chi connectivity index (χ3n) is 2.57. The Morgan fingerprint density at radius 1 is 1.12 bits per heavy atom. The van der Waals surface area contributed by atoms with E-state index in [0.717, 1.165) is 16.8 Å². The van der Waals surface area contributed by atoms with E-state index in [0.29, 0.717) is 5.69 Å². The van der Waals surface area contributed by atoms with E-state index < -0.39 is 5.97 Å². The fourth-order valence-corrected chi connectivity index (χ4v) is 1.70. The largest absolute Gasteiger partial charge is 0.464 e. The molecule has 0 atom stereocenters. The van der Waals surface area contributed by atoms with Crippen LogP contribution in [0.15, 0.2) is 42.5 Å². The Kier molecular flexibility index (Phi) is 3.19. The van der Waals surface area contributed by atoms with Crippen LogP contribution in [0.25, 0.3) is 11.1 Å². The molecule has 0 aliphatic carbocycles. The van der Waals surface area contributed by atoms with Crippen LogP contribution in [0.4, 0.5) is 0 Å². The van der Waals surface area contributed by atoms with E-state index in [4.69, 9.17) is 0 Å². The zero-order valence-electron chi connectivity index (χ0n) is 9.81. The van der Waals surface area contributed by atoms with Crippen LogP contribution in [0, 0.1) is 6.92 Å². The van der Waals surface area contributed by atoms with Gasteiger partial charge in [-0.3, -0.25) is 0 Å². The van der Waals surface area contributed by atoms with Gasteiger partial charge < -0.3 is 4.74 Å². The lowest BCUT2D eigenvalue weighted by atomic mass is 10.0. The monoisotopic (exact) mass is 227 g/mol. The normalized spacial score (nSPS) is 10.0. The van der Waals surface area contributed by atoms with Crippen LogP contribution in [-0.4, -0.2) is 18.1 Å². The number of carbonyl (C=O) groups excluding carboxylic acids is 1. The van der Waals surface area contributed by atoms with Crippen LogP contribution in [0.5, 0.6) is 0 Å². The van der Waals surface area contributed by atoms with Crippen molar-refractivity contribution in [2.75, 3.05) is 7.11 Å². The summed E-state index contributed by atoms with van der Waals surface area (Å²) in [6, 6.07) is 13.5. The number of pyridine rings is 1. The highest BCUT2D eigenvalue weighted by molar-refractivity contribution is 5.87. The highest BCUT2D eigenvalue weighted by Gasteiger charge is 2.09. The first-order valence-electron chi connectivity index (χ1n) is 5.34. The molecule has 0 N–H and O–H groups in total. The van der Waals surface area contributed by atoms with Gasteiger partial charge in [-0.15, -0.1) is 0 Å². The first-order chi connectivity index (χ1) is 8.22. The Balaban J connectivity index is 2.42. The van der Waals surface area contributed by atoms with Crippen molar-refractivity contribution in [1.29, 1.82) is 0 Å². The summed E-state index contributed by atoms with van der Waals surface area (Å²) >= 11 is 0. The maximum Gasteiger partial charge on any atom is 0.356 e. The molecule has 0 bridgehead atoms. The van der Waals surface area contributed by atoms with Crippen LogP contribution >= 0.6 is 0 Å². The molecule has 0 unspecified atom stereocenters. The number of benzene rings is 1. The molecular formula is C14H13NO2.